The minimum absolute atomic E-state index is 0. The molecule has 0 rings (SSSR count). The SMILES string of the molecule is N.N.N.N=C(N)N.O=N[O-].O=N[O-].O=N[O-].O=[N+]([O-])[O-].[Co]. The predicted molar refractivity (Wildman–Crippen MR) is 69.0 cm³/mol. The third-order valence-corrected chi connectivity index (χ3v) is 0. The summed E-state index contributed by atoms with van der Waals surface area (Å²) in [7, 11) is 0. The van der Waals surface area contributed by atoms with Crippen molar-refractivity contribution in [2.45, 2.75) is 0 Å². The molecule has 0 aliphatic heterocycles. The van der Waals surface area contributed by atoms with Gasteiger partial charge in [0.1, 0.15) is 0 Å². The summed E-state index contributed by atoms with van der Waals surface area (Å²) in [5.74, 6) is -0.333. The van der Waals surface area contributed by atoms with E-state index in [1.165, 1.54) is 0 Å². The minimum Gasteiger partial charge on any atom is -0.444 e. The van der Waals surface area contributed by atoms with Gasteiger partial charge in [0.15, 0.2) is 5.96 Å². The summed E-state index contributed by atoms with van der Waals surface area (Å²) < 4.78 is 0. The van der Waals surface area contributed by atoms with Crippen molar-refractivity contribution < 1.29 is 21.9 Å². The van der Waals surface area contributed by atoms with E-state index in [9.17, 15) is 0 Å². The van der Waals surface area contributed by atoms with E-state index in [2.05, 4.69) is 11.5 Å². The van der Waals surface area contributed by atoms with Crippen molar-refractivity contribution in [1.82, 2.24) is 18.5 Å². The molecular weight excluding hydrogens is 355 g/mol. The Hall–Kier alpha value is -2.94. The van der Waals surface area contributed by atoms with E-state index in [0.29, 0.717) is 0 Å². The maximum absolute atomic E-state index is 8.25. The number of rotatable bonds is 0. The maximum Gasteiger partial charge on any atom is 0.183 e. The molecule has 14 N–H and O–H groups in total. The molecule has 0 aliphatic rings. The van der Waals surface area contributed by atoms with Crippen molar-refractivity contribution in [2.24, 2.45) is 27.5 Å². The number of nitrogens with two attached hydrogens (primary N) is 2. The molecule has 0 heterocycles. The van der Waals surface area contributed by atoms with Crippen LogP contribution in [-0.2, 0) is 16.8 Å². The monoisotopic (exact) mass is 369 g/mol. The van der Waals surface area contributed by atoms with Crippen LogP contribution in [0.1, 0.15) is 0 Å². The van der Waals surface area contributed by atoms with Gasteiger partial charge >= 0.3 is 0 Å². The fraction of sp³-hybridized carbons (Fsp3) is 0. The van der Waals surface area contributed by atoms with Crippen LogP contribution in [0.15, 0.2) is 16.0 Å². The maximum atomic E-state index is 8.25. The van der Waals surface area contributed by atoms with E-state index in [0.717, 1.165) is 16.0 Å². The smallest absolute Gasteiger partial charge is 0.183 e. The van der Waals surface area contributed by atoms with Crippen LogP contribution in [0.5, 0.6) is 0 Å². The summed E-state index contributed by atoms with van der Waals surface area (Å²) in [4.78, 5) is 32.2. The van der Waals surface area contributed by atoms with Crippen molar-refractivity contribution in [2.75, 3.05) is 0 Å². The largest absolute Gasteiger partial charge is 0.444 e. The Morgan fingerprint density at radius 1 is 0.857 bits per heavy atom. The molecule has 0 atom stereocenters. The molecule has 0 saturated heterocycles. The summed E-state index contributed by atoms with van der Waals surface area (Å²) in [5.41, 5.74) is 8.94. The van der Waals surface area contributed by atoms with Crippen LogP contribution >= 0.6 is 0 Å². The molecule has 0 aromatic heterocycles. The molecule has 1 radical (unpaired) electrons. The molecule has 19 nitrogen and oxygen atoms in total. The molecule has 0 saturated carbocycles. The van der Waals surface area contributed by atoms with E-state index >= 15 is 0 Å². The number of hydrogen-bond acceptors (Lipinski definition) is 16. The fourth-order valence-corrected chi connectivity index (χ4v) is 0. The average molecular weight is 369 g/mol. The van der Waals surface area contributed by atoms with Crippen molar-refractivity contribution in [3.63, 3.8) is 0 Å². The molecule has 0 spiro atoms. The van der Waals surface area contributed by atoms with Crippen LogP contribution in [0, 0.1) is 51.1 Å². The zero-order valence-electron chi connectivity index (χ0n) is 10.1. The summed E-state index contributed by atoms with van der Waals surface area (Å²) in [6.45, 7) is 0. The summed E-state index contributed by atoms with van der Waals surface area (Å²) in [6.07, 6.45) is 0. The number of guanidine groups is 1. The molecule has 21 heavy (non-hydrogen) atoms. The third-order valence-electron chi connectivity index (χ3n) is 0. The van der Waals surface area contributed by atoms with Gasteiger partial charge in [-0.15, -0.1) is 16.0 Å². The van der Waals surface area contributed by atoms with Gasteiger partial charge in [0, 0.05) is 16.8 Å². The average Bonchev–Trinajstić information content (AvgIpc) is 2.03. The first-order valence-electron chi connectivity index (χ1n) is 2.47. The van der Waals surface area contributed by atoms with E-state index in [1.54, 1.807) is 0 Å². The van der Waals surface area contributed by atoms with Gasteiger partial charge in [-0.25, -0.2) is 0 Å². The van der Waals surface area contributed by atoms with Gasteiger partial charge in [-0.3, -0.25) is 5.41 Å². The molecule has 0 bridgehead atoms. The Morgan fingerprint density at radius 3 is 0.857 bits per heavy atom. The first kappa shape index (κ1) is 64.0. The Kier molecular flexibility index (Phi) is 366. The van der Waals surface area contributed by atoms with E-state index in [4.69, 9.17) is 51.1 Å². The van der Waals surface area contributed by atoms with E-state index < -0.39 is 5.09 Å². The zero-order valence-corrected chi connectivity index (χ0v) is 11.1. The second-order valence-electron chi connectivity index (χ2n) is 0.903. The van der Waals surface area contributed by atoms with Crippen molar-refractivity contribution >= 4 is 5.96 Å². The van der Waals surface area contributed by atoms with Crippen LogP contribution in [0.3, 0.4) is 0 Å². The molecular formula is CH14CoN10O9-4. The first-order chi connectivity index (χ1) is 7.71. The number of nitrogens with one attached hydrogen (secondary N) is 1. The Labute approximate surface area is 126 Å². The van der Waals surface area contributed by atoms with Gasteiger partial charge < -0.3 is 75.6 Å². The normalized spacial score (nSPS) is 4.00. The molecule has 0 fully saturated rings. The van der Waals surface area contributed by atoms with Crippen LogP contribution in [0.25, 0.3) is 0 Å². The van der Waals surface area contributed by atoms with Crippen LogP contribution in [0.2, 0.25) is 0 Å². The number of nitrogens with zero attached hydrogens (tertiary/aromatic N) is 4. The molecule has 0 unspecified atom stereocenters. The molecule has 20 heteroatoms. The van der Waals surface area contributed by atoms with E-state index in [-0.39, 0.29) is 41.2 Å². The van der Waals surface area contributed by atoms with Crippen molar-refractivity contribution in [3.8, 4) is 0 Å². The molecule has 0 aromatic rings. The molecule has 0 amide bonds. The molecule has 0 aliphatic carbocycles. The van der Waals surface area contributed by atoms with Crippen molar-refractivity contribution in [3.05, 3.63) is 45.7 Å². The Bertz CT molecular complexity index is 167. The predicted octanol–water partition coefficient (Wildman–Crippen LogP) is -0.165. The summed E-state index contributed by atoms with van der Waals surface area (Å²) >= 11 is 0. The third kappa shape index (κ3) is 446. The van der Waals surface area contributed by atoms with Gasteiger partial charge in [0.05, 0.1) is 5.09 Å². The summed E-state index contributed by atoms with van der Waals surface area (Å²) in [5, 5.41) is 47.8. The standard InChI is InChI=1S/CH5N3.Co.NO3.3HNO2.3H3N/c2-1(3)4;;2-1(3)4;3*2-1-3;;;/h(H5,2,3,4);;;3*(H,2,3);3*1H3/q;;-1;;;;;;/p-3. The van der Waals surface area contributed by atoms with Crippen LogP contribution in [0.4, 0.5) is 0 Å². The van der Waals surface area contributed by atoms with Gasteiger partial charge in [0.25, 0.3) is 0 Å². The van der Waals surface area contributed by atoms with E-state index in [1.807, 2.05) is 0 Å². The summed E-state index contributed by atoms with van der Waals surface area (Å²) in [6, 6.07) is 0. The van der Waals surface area contributed by atoms with Crippen LogP contribution < -0.4 is 29.9 Å². The van der Waals surface area contributed by atoms with Crippen LogP contribution in [-0.4, -0.2) is 11.0 Å². The topological polar surface area (TPSA) is 405 Å². The molecule has 135 valence electrons. The first-order valence-corrected chi connectivity index (χ1v) is 2.47. The second-order valence-corrected chi connectivity index (χ2v) is 0.903. The Balaban J connectivity index is -0.0000000118. The van der Waals surface area contributed by atoms with Crippen molar-refractivity contribution in [1.29, 1.82) is 5.41 Å². The molecule has 0 aromatic carbocycles. The van der Waals surface area contributed by atoms with Gasteiger partial charge in [0.2, 0.25) is 0 Å². The second kappa shape index (κ2) is 120. The van der Waals surface area contributed by atoms with Gasteiger partial charge in [-0.1, -0.05) is 0 Å². The number of hydrogen-bond donors (Lipinski definition) is 6. The minimum atomic E-state index is -1.75. The van der Waals surface area contributed by atoms with Gasteiger partial charge in [-0.05, 0) is 0 Å². The zero-order chi connectivity index (χ0) is 15.3. The quantitative estimate of drug-likeness (QED) is 0.106. The van der Waals surface area contributed by atoms with Gasteiger partial charge in [-0.2, -0.15) is 0 Å². The fourth-order valence-electron chi connectivity index (χ4n) is 0. The Morgan fingerprint density at radius 2 is 0.857 bits per heavy atom.